The Morgan fingerprint density at radius 1 is 1.09 bits per heavy atom. The number of rotatable bonds is 4. The second kappa shape index (κ2) is 8.04. The van der Waals surface area contributed by atoms with Crippen LogP contribution in [0.25, 0.3) is 0 Å². The van der Waals surface area contributed by atoms with Crippen LogP contribution < -0.4 is 5.32 Å². The molecule has 4 saturated carbocycles. The van der Waals surface area contributed by atoms with Gasteiger partial charge < -0.3 is 5.32 Å². The topological polar surface area (TPSA) is 58.1 Å². The Labute approximate surface area is 197 Å². The molecule has 2 aromatic rings. The van der Waals surface area contributed by atoms with E-state index in [9.17, 15) is 18.0 Å². The minimum atomic E-state index is -4.35. The molecule has 180 valence electrons. The Hall–Kier alpha value is -2.48. The summed E-state index contributed by atoms with van der Waals surface area (Å²) in [5.74, 6) is 2.82. The quantitative estimate of drug-likeness (QED) is 0.667. The molecule has 1 aliphatic heterocycles. The molecule has 4 aliphatic carbocycles. The number of nitrogens with one attached hydrogen (secondary N) is 1. The molecule has 0 saturated heterocycles. The first-order chi connectivity index (χ1) is 16.3. The van der Waals surface area contributed by atoms with Gasteiger partial charge in [0.05, 0.1) is 16.7 Å². The highest BCUT2D eigenvalue weighted by Gasteiger charge is 2.54. The van der Waals surface area contributed by atoms with Crippen molar-refractivity contribution < 1.29 is 18.0 Å². The van der Waals surface area contributed by atoms with E-state index in [-0.39, 0.29) is 11.3 Å². The van der Waals surface area contributed by atoms with Crippen LogP contribution >= 0.6 is 0 Å². The monoisotopic (exact) mass is 470 g/mol. The van der Waals surface area contributed by atoms with Crippen LogP contribution in [-0.2, 0) is 30.5 Å². The summed E-state index contributed by atoms with van der Waals surface area (Å²) in [6.45, 7) is 1.62. The highest BCUT2D eigenvalue weighted by Crippen LogP contribution is 2.60. The molecule has 2 heterocycles. The zero-order valence-electron chi connectivity index (χ0n) is 19.1. The van der Waals surface area contributed by atoms with Crippen molar-refractivity contribution in [3.8, 4) is 0 Å². The standard InChI is InChI=1S/C26H29F3N4O/c27-26(28,29)20-3-1-2-16(9-20)13-33-5-4-21-22(14-33)30-15-31-23(21)32-24(34)25-10-17-6-18(11-25)8-19(7-17)12-25/h1-3,9,15,17-19H,4-8,10-14H2,(H,30,31,32,34). The normalized spacial score (nSPS) is 30.3. The molecular formula is C26H29F3N4O. The number of nitrogens with zero attached hydrogens (tertiary/aromatic N) is 3. The third-order valence-electron chi connectivity index (χ3n) is 8.50. The highest BCUT2D eigenvalue weighted by molar-refractivity contribution is 5.95. The van der Waals surface area contributed by atoms with Crippen LogP contribution in [0, 0.1) is 23.2 Å². The fourth-order valence-corrected chi connectivity index (χ4v) is 7.38. The summed E-state index contributed by atoms with van der Waals surface area (Å²) in [7, 11) is 0. The summed E-state index contributed by atoms with van der Waals surface area (Å²) in [6.07, 6.45) is 4.68. The molecule has 7 rings (SSSR count). The highest BCUT2D eigenvalue weighted by atomic mass is 19.4. The molecule has 4 bridgehead atoms. The molecule has 1 amide bonds. The van der Waals surface area contributed by atoms with Crippen LogP contribution in [0.3, 0.4) is 0 Å². The number of carbonyl (C=O) groups excluding carboxylic acids is 1. The molecule has 8 heteroatoms. The van der Waals surface area contributed by atoms with Gasteiger partial charge in [0.2, 0.25) is 5.91 Å². The van der Waals surface area contributed by atoms with Crippen molar-refractivity contribution in [2.45, 2.75) is 64.2 Å². The van der Waals surface area contributed by atoms with Crippen LogP contribution in [0.1, 0.15) is 60.9 Å². The number of hydrogen-bond donors (Lipinski definition) is 1. The van der Waals surface area contributed by atoms with Crippen molar-refractivity contribution in [3.63, 3.8) is 0 Å². The molecule has 34 heavy (non-hydrogen) atoms. The van der Waals surface area contributed by atoms with Crippen molar-refractivity contribution >= 4 is 11.7 Å². The molecule has 0 atom stereocenters. The van der Waals surface area contributed by atoms with Crippen molar-refractivity contribution in [1.29, 1.82) is 0 Å². The van der Waals surface area contributed by atoms with Gasteiger partial charge in [0.15, 0.2) is 0 Å². The Bertz CT molecular complexity index is 1080. The van der Waals surface area contributed by atoms with E-state index in [0.29, 0.717) is 55.2 Å². The van der Waals surface area contributed by atoms with E-state index in [4.69, 9.17) is 0 Å². The lowest BCUT2D eigenvalue weighted by Gasteiger charge is -2.55. The fourth-order valence-electron chi connectivity index (χ4n) is 7.38. The molecule has 5 nitrogen and oxygen atoms in total. The lowest BCUT2D eigenvalue weighted by atomic mass is 9.49. The first-order valence-electron chi connectivity index (χ1n) is 12.3. The van der Waals surface area contributed by atoms with Crippen molar-refractivity contribution in [1.82, 2.24) is 14.9 Å². The van der Waals surface area contributed by atoms with Crippen LogP contribution in [0.4, 0.5) is 19.0 Å². The Morgan fingerprint density at radius 3 is 2.47 bits per heavy atom. The molecule has 0 radical (unpaired) electrons. The molecule has 1 N–H and O–H groups in total. The molecule has 4 fully saturated rings. The smallest absolute Gasteiger partial charge is 0.310 e. The fraction of sp³-hybridized carbons (Fsp3) is 0.577. The van der Waals surface area contributed by atoms with E-state index in [1.54, 1.807) is 6.07 Å². The van der Waals surface area contributed by atoms with Gasteiger partial charge >= 0.3 is 6.18 Å². The summed E-state index contributed by atoms with van der Waals surface area (Å²) >= 11 is 0. The summed E-state index contributed by atoms with van der Waals surface area (Å²) in [6, 6.07) is 5.49. The van der Waals surface area contributed by atoms with Crippen LogP contribution in [-0.4, -0.2) is 27.3 Å². The minimum Gasteiger partial charge on any atom is -0.310 e. The average molecular weight is 471 g/mol. The van der Waals surface area contributed by atoms with Crippen LogP contribution in [0.5, 0.6) is 0 Å². The number of hydrogen-bond acceptors (Lipinski definition) is 4. The van der Waals surface area contributed by atoms with Gasteiger partial charge in [-0.3, -0.25) is 9.69 Å². The largest absolute Gasteiger partial charge is 0.416 e. The third-order valence-corrected chi connectivity index (χ3v) is 8.50. The van der Waals surface area contributed by atoms with Crippen molar-refractivity contribution in [2.75, 3.05) is 11.9 Å². The SMILES string of the molecule is O=C(Nc1ncnc2c1CCN(Cc1cccc(C(F)(F)F)c1)C2)C12CC3CC(CC(C3)C1)C2. The third kappa shape index (κ3) is 4.00. The zero-order valence-corrected chi connectivity index (χ0v) is 19.1. The number of alkyl halides is 3. The van der Waals surface area contributed by atoms with E-state index in [2.05, 4.69) is 20.2 Å². The molecule has 1 aromatic carbocycles. The first-order valence-corrected chi connectivity index (χ1v) is 12.3. The van der Waals surface area contributed by atoms with Gasteiger partial charge in [-0.1, -0.05) is 18.2 Å². The van der Waals surface area contributed by atoms with Gasteiger partial charge in [-0.15, -0.1) is 0 Å². The van der Waals surface area contributed by atoms with Gasteiger partial charge in [0, 0.05) is 25.2 Å². The molecule has 0 spiro atoms. The summed E-state index contributed by atoms with van der Waals surface area (Å²) in [5, 5.41) is 3.18. The minimum absolute atomic E-state index is 0.124. The number of carbonyl (C=O) groups is 1. The molecular weight excluding hydrogens is 441 g/mol. The van der Waals surface area contributed by atoms with Gasteiger partial charge in [-0.2, -0.15) is 13.2 Å². The van der Waals surface area contributed by atoms with Crippen molar-refractivity contribution in [3.05, 3.63) is 53.0 Å². The maximum Gasteiger partial charge on any atom is 0.416 e. The van der Waals surface area contributed by atoms with E-state index in [1.807, 2.05) is 0 Å². The van der Waals surface area contributed by atoms with Crippen molar-refractivity contribution in [2.24, 2.45) is 23.2 Å². The predicted octanol–water partition coefficient (Wildman–Crippen LogP) is 5.21. The number of aromatic nitrogens is 2. The predicted molar refractivity (Wildman–Crippen MR) is 121 cm³/mol. The molecule has 5 aliphatic rings. The van der Waals surface area contributed by atoms with E-state index >= 15 is 0 Å². The first kappa shape index (κ1) is 22.0. The maximum atomic E-state index is 13.5. The average Bonchev–Trinajstić information content (AvgIpc) is 2.78. The lowest BCUT2D eigenvalue weighted by Crippen LogP contribution is -2.52. The Balaban J connectivity index is 1.16. The van der Waals surface area contributed by atoms with E-state index < -0.39 is 11.7 Å². The van der Waals surface area contributed by atoms with Crippen LogP contribution in [0.2, 0.25) is 0 Å². The van der Waals surface area contributed by atoms with Gasteiger partial charge in [-0.25, -0.2) is 9.97 Å². The van der Waals surface area contributed by atoms with E-state index in [0.717, 1.165) is 36.6 Å². The number of fused-ring (bicyclic) bond motifs is 1. The second-order valence-corrected chi connectivity index (χ2v) is 11.0. The number of halogens is 3. The van der Waals surface area contributed by atoms with Crippen LogP contribution in [0.15, 0.2) is 30.6 Å². The summed E-state index contributed by atoms with van der Waals surface area (Å²) < 4.78 is 39.2. The number of anilines is 1. The summed E-state index contributed by atoms with van der Waals surface area (Å²) in [4.78, 5) is 24.5. The zero-order chi connectivity index (χ0) is 23.5. The summed E-state index contributed by atoms with van der Waals surface area (Å²) in [5.41, 5.74) is 1.56. The number of amides is 1. The van der Waals surface area contributed by atoms with Gasteiger partial charge in [0.25, 0.3) is 0 Å². The van der Waals surface area contributed by atoms with E-state index in [1.165, 1.54) is 37.7 Å². The Morgan fingerprint density at radius 2 is 1.79 bits per heavy atom. The second-order valence-electron chi connectivity index (χ2n) is 11.0. The number of benzene rings is 1. The lowest BCUT2D eigenvalue weighted by molar-refractivity contribution is -0.140. The van der Waals surface area contributed by atoms with Gasteiger partial charge in [-0.05, 0) is 74.3 Å². The molecule has 1 aromatic heterocycles. The Kier molecular flexibility index (Phi) is 5.20. The van der Waals surface area contributed by atoms with Gasteiger partial charge in [0.1, 0.15) is 12.1 Å². The maximum absolute atomic E-state index is 13.5. The molecule has 0 unspecified atom stereocenters.